The fraction of sp³-hybridized carbons (Fsp3) is 0.571. The largest absolute Gasteiger partial charge is 0.347 e. The van der Waals surface area contributed by atoms with E-state index in [1.54, 1.807) is 0 Å². The lowest BCUT2D eigenvalue weighted by atomic mass is 10.3. The molecule has 0 spiro atoms. The lowest BCUT2D eigenvalue weighted by molar-refractivity contribution is -0.119. The van der Waals surface area contributed by atoms with Gasteiger partial charge in [0.2, 0.25) is 5.91 Å². The first kappa shape index (κ1) is 8.70. The van der Waals surface area contributed by atoms with Crippen LogP contribution in [0.15, 0.2) is 0 Å². The molecule has 5 nitrogen and oxygen atoms in total. The number of carbonyl (C=O) groups excluding carboxylic acids is 1. The second-order valence-corrected chi connectivity index (χ2v) is 2.70. The molecule has 2 N–H and O–H groups in total. The van der Waals surface area contributed by atoms with Gasteiger partial charge in [0.05, 0.1) is 6.04 Å². The third-order valence-electron chi connectivity index (χ3n) is 1.42. The van der Waals surface area contributed by atoms with Crippen molar-refractivity contribution in [2.24, 2.45) is 0 Å². The minimum absolute atomic E-state index is 0.0787. The number of hydrogen-bond donors (Lipinski definition) is 2. The third kappa shape index (κ3) is 2.05. The van der Waals surface area contributed by atoms with Crippen LogP contribution in [0.2, 0.25) is 0 Å². The molecule has 1 aromatic rings. The molecule has 1 amide bonds. The number of aromatic nitrogens is 3. The molecule has 0 bridgehead atoms. The van der Waals surface area contributed by atoms with Gasteiger partial charge in [-0.2, -0.15) is 5.10 Å². The topological polar surface area (TPSA) is 70.7 Å². The monoisotopic (exact) mass is 168 g/mol. The van der Waals surface area contributed by atoms with E-state index in [2.05, 4.69) is 20.5 Å². The molecule has 0 aliphatic carbocycles. The average Bonchev–Trinajstić information content (AvgIpc) is 2.34. The van der Waals surface area contributed by atoms with Gasteiger partial charge in [0, 0.05) is 6.92 Å². The van der Waals surface area contributed by atoms with E-state index in [9.17, 15) is 4.79 Å². The fourth-order valence-corrected chi connectivity index (χ4v) is 0.923. The summed E-state index contributed by atoms with van der Waals surface area (Å²) in [6.45, 7) is 5.12. The van der Waals surface area contributed by atoms with E-state index in [1.165, 1.54) is 6.92 Å². The first-order chi connectivity index (χ1) is 5.59. The van der Waals surface area contributed by atoms with Crippen LogP contribution in [0.3, 0.4) is 0 Å². The van der Waals surface area contributed by atoms with Crippen molar-refractivity contribution in [2.75, 3.05) is 0 Å². The van der Waals surface area contributed by atoms with Gasteiger partial charge in [0.1, 0.15) is 5.82 Å². The number of hydrogen-bond acceptors (Lipinski definition) is 3. The van der Waals surface area contributed by atoms with Gasteiger partial charge in [0.25, 0.3) is 0 Å². The lowest BCUT2D eigenvalue weighted by Gasteiger charge is -2.06. The Labute approximate surface area is 70.6 Å². The SMILES string of the molecule is CC(=O)NC(C)c1n[nH]c(C)n1. The van der Waals surface area contributed by atoms with E-state index in [0.717, 1.165) is 5.82 Å². The van der Waals surface area contributed by atoms with Crippen LogP contribution in [0.1, 0.15) is 31.5 Å². The first-order valence-electron chi connectivity index (χ1n) is 3.75. The summed E-state index contributed by atoms with van der Waals surface area (Å²) in [4.78, 5) is 14.7. The molecule has 1 atom stereocenters. The van der Waals surface area contributed by atoms with Gasteiger partial charge in [-0.05, 0) is 13.8 Å². The minimum atomic E-state index is -0.132. The highest BCUT2D eigenvalue weighted by Gasteiger charge is 2.10. The Morgan fingerprint density at radius 3 is 2.75 bits per heavy atom. The maximum atomic E-state index is 10.7. The maximum Gasteiger partial charge on any atom is 0.217 e. The van der Waals surface area contributed by atoms with E-state index in [0.29, 0.717) is 5.82 Å². The molecule has 1 unspecified atom stereocenters. The van der Waals surface area contributed by atoms with Crippen molar-refractivity contribution in [3.63, 3.8) is 0 Å². The van der Waals surface area contributed by atoms with E-state index in [-0.39, 0.29) is 11.9 Å². The molecule has 1 aromatic heterocycles. The average molecular weight is 168 g/mol. The van der Waals surface area contributed by atoms with E-state index in [4.69, 9.17) is 0 Å². The van der Waals surface area contributed by atoms with Gasteiger partial charge in [0.15, 0.2) is 5.82 Å². The van der Waals surface area contributed by atoms with Crippen LogP contribution in [0.4, 0.5) is 0 Å². The Bertz CT molecular complexity index is 281. The van der Waals surface area contributed by atoms with Gasteiger partial charge in [-0.25, -0.2) is 4.98 Å². The van der Waals surface area contributed by atoms with Crippen molar-refractivity contribution in [3.05, 3.63) is 11.6 Å². The van der Waals surface area contributed by atoms with E-state index in [1.807, 2.05) is 13.8 Å². The standard InChI is InChI=1S/C7H12N4O/c1-4(8-6(3)12)7-9-5(2)10-11-7/h4H,1-3H3,(H,8,12)(H,9,10,11). The molecule has 66 valence electrons. The number of nitrogens with one attached hydrogen (secondary N) is 2. The summed E-state index contributed by atoms with van der Waals surface area (Å²) in [5.41, 5.74) is 0. The van der Waals surface area contributed by atoms with Gasteiger partial charge in [-0.15, -0.1) is 0 Å². The Balaban J connectivity index is 2.64. The van der Waals surface area contributed by atoms with E-state index >= 15 is 0 Å². The number of aryl methyl sites for hydroxylation is 1. The summed E-state index contributed by atoms with van der Waals surface area (Å²) in [6.07, 6.45) is 0. The highest BCUT2D eigenvalue weighted by Crippen LogP contribution is 2.04. The number of carbonyl (C=O) groups is 1. The Hall–Kier alpha value is -1.39. The Morgan fingerprint density at radius 2 is 2.33 bits per heavy atom. The quantitative estimate of drug-likeness (QED) is 0.667. The van der Waals surface area contributed by atoms with Crippen LogP contribution in [0.5, 0.6) is 0 Å². The van der Waals surface area contributed by atoms with Crippen molar-refractivity contribution in [3.8, 4) is 0 Å². The number of rotatable bonds is 2. The molecule has 0 fully saturated rings. The third-order valence-corrected chi connectivity index (χ3v) is 1.42. The van der Waals surface area contributed by atoms with E-state index < -0.39 is 0 Å². The summed E-state index contributed by atoms with van der Waals surface area (Å²) in [6, 6.07) is -0.132. The summed E-state index contributed by atoms with van der Waals surface area (Å²) < 4.78 is 0. The van der Waals surface area contributed by atoms with Crippen LogP contribution >= 0.6 is 0 Å². The van der Waals surface area contributed by atoms with Gasteiger partial charge in [-0.1, -0.05) is 0 Å². The second-order valence-electron chi connectivity index (χ2n) is 2.70. The molecule has 5 heteroatoms. The highest BCUT2D eigenvalue weighted by molar-refractivity contribution is 5.73. The summed E-state index contributed by atoms with van der Waals surface area (Å²) in [5.74, 6) is 1.29. The van der Waals surface area contributed by atoms with Crippen molar-refractivity contribution in [1.82, 2.24) is 20.5 Å². The molecular weight excluding hydrogens is 156 g/mol. The van der Waals surface area contributed by atoms with Crippen LogP contribution in [0.25, 0.3) is 0 Å². The molecule has 12 heavy (non-hydrogen) atoms. The summed E-state index contributed by atoms with van der Waals surface area (Å²) >= 11 is 0. The summed E-state index contributed by atoms with van der Waals surface area (Å²) in [5, 5.41) is 9.32. The summed E-state index contributed by atoms with van der Waals surface area (Å²) in [7, 11) is 0. The number of aromatic amines is 1. The van der Waals surface area contributed by atoms with Gasteiger partial charge < -0.3 is 5.32 Å². The van der Waals surface area contributed by atoms with Gasteiger partial charge >= 0.3 is 0 Å². The van der Waals surface area contributed by atoms with Crippen LogP contribution in [0, 0.1) is 6.92 Å². The molecule has 0 radical (unpaired) electrons. The molecule has 0 saturated carbocycles. The smallest absolute Gasteiger partial charge is 0.217 e. The lowest BCUT2D eigenvalue weighted by Crippen LogP contribution is -2.24. The maximum absolute atomic E-state index is 10.7. The molecule has 0 aromatic carbocycles. The molecule has 0 aliphatic heterocycles. The minimum Gasteiger partial charge on any atom is -0.347 e. The zero-order chi connectivity index (χ0) is 9.14. The molecule has 1 rings (SSSR count). The molecule has 0 saturated heterocycles. The zero-order valence-electron chi connectivity index (χ0n) is 7.38. The second kappa shape index (κ2) is 3.34. The van der Waals surface area contributed by atoms with Crippen LogP contribution in [-0.4, -0.2) is 21.1 Å². The van der Waals surface area contributed by atoms with Crippen LogP contribution in [-0.2, 0) is 4.79 Å². The fourth-order valence-electron chi connectivity index (χ4n) is 0.923. The van der Waals surface area contributed by atoms with Gasteiger partial charge in [-0.3, -0.25) is 9.89 Å². The zero-order valence-corrected chi connectivity index (χ0v) is 7.38. The normalized spacial score (nSPS) is 12.6. The predicted molar refractivity (Wildman–Crippen MR) is 43.4 cm³/mol. The molecular formula is C7H12N4O. The van der Waals surface area contributed by atoms with Crippen molar-refractivity contribution in [1.29, 1.82) is 0 Å². The number of amides is 1. The highest BCUT2D eigenvalue weighted by atomic mass is 16.1. The van der Waals surface area contributed by atoms with Crippen molar-refractivity contribution >= 4 is 5.91 Å². The molecule has 1 heterocycles. The molecule has 0 aliphatic rings. The predicted octanol–water partition coefficient (Wildman–Crippen LogP) is 0.310. The van der Waals surface area contributed by atoms with Crippen LogP contribution < -0.4 is 5.32 Å². The van der Waals surface area contributed by atoms with Crippen molar-refractivity contribution < 1.29 is 4.79 Å². The number of nitrogens with zero attached hydrogens (tertiary/aromatic N) is 2. The van der Waals surface area contributed by atoms with Crippen molar-refractivity contribution in [2.45, 2.75) is 26.8 Å². The Kier molecular flexibility index (Phi) is 2.42. The Morgan fingerprint density at radius 1 is 1.67 bits per heavy atom. The number of H-pyrrole nitrogens is 1. The first-order valence-corrected chi connectivity index (χ1v) is 3.75.